The van der Waals surface area contributed by atoms with E-state index in [1.807, 2.05) is 55.5 Å². The van der Waals surface area contributed by atoms with Gasteiger partial charge in [-0.3, -0.25) is 0 Å². The van der Waals surface area contributed by atoms with Crippen LogP contribution in [0.1, 0.15) is 21.9 Å². The highest BCUT2D eigenvalue weighted by atomic mass is 16.5. The van der Waals surface area contributed by atoms with Gasteiger partial charge < -0.3 is 9.15 Å². The smallest absolute Gasteiger partial charge is 0.338 e. The van der Waals surface area contributed by atoms with E-state index in [4.69, 9.17) is 9.15 Å². The lowest BCUT2D eigenvalue weighted by atomic mass is 10.2. The molecule has 0 N–H and O–H groups in total. The first-order chi connectivity index (χ1) is 13.2. The lowest BCUT2D eigenvalue weighted by molar-refractivity contribution is 0.0438. The van der Waals surface area contributed by atoms with E-state index in [1.54, 1.807) is 23.0 Å². The first-order valence-electron chi connectivity index (χ1n) is 8.37. The van der Waals surface area contributed by atoms with Crippen LogP contribution in [0.15, 0.2) is 71.3 Å². The zero-order valence-electron chi connectivity index (χ0n) is 14.6. The van der Waals surface area contributed by atoms with Gasteiger partial charge in [0.25, 0.3) is 5.89 Å². The molecule has 0 aliphatic rings. The molecule has 0 fully saturated rings. The van der Waals surface area contributed by atoms with Gasteiger partial charge in [-0.05, 0) is 49.4 Å². The molecule has 0 spiro atoms. The fourth-order valence-electron chi connectivity index (χ4n) is 2.60. The Hall–Kier alpha value is -3.74. The zero-order valence-corrected chi connectivity index (χ0v) is 14.6. The van der Waals surface area contributed by atoms with Gasteiger partial charge in [-0.1, -0.05) is 18.2 Å². The van der Waals surface area contributed by atoms with Gasteiger partial charge in [0.05, 0.1) is 11.3 Å². The van der Waals surface area contributed by atoms with E-state index >= 15 is 0 Å². The Kier molecular flexibility index (Phi) is 4.49. The molecular weight excluding hydrogens is 344 g/mol. The SMILES string of the molecule is Cc1ccnn1-c1ccc(C(=O)OCc2nnc(-c3ccccc3)o2)cc1. The Morgan fingerprint density at radius 1 is 1.04 bits per heavy atom. The highest BCUT2D eigenvalue weighted by Gasteiger charge is 2.12. The number of ether oxygens (including phenoxy) is 1. The summed E-state index contributed by atoms with van der Waals surface area (Å²) < 4.78 is 12.6. The molecule has 0 amide bonds. The summed E-state index contributed by atoms with van der Waals surface area (Å²) in [6, 6.07) is 18.3. The summed E-state index contributed by atoms with van der Waals surface area (Å²) in [4.78, 5) is 12.2. The van der Waals surface area contributed by atoms with Gasteiger partial charge in [0, 0.05) is 17.5 Å². The van der Waals surface area contributed by atoms with Crippen LogP contribution in [-0.4, -0.2) is 25.9 Å². The van der Waals surface area contributed by atoms with Gasteiger partial charge >= 0.3 is 5.97 Å². The predicted octanol–water partition coefficient (Wildman–Crippen LogP) is 3.59. The molecule has 4 rings (SSSR count). The fourth-order valence-corrected chi connectivity index (χ4v) is 2.60. The van der Waals surface area contributed by atoms with E-state index < -0.39 is 5.97 Å². The first-order valence-corrected chi connectivity index (χ1v) is 8.37. The number of aryl methyl sites for hydroxylation is 1. The van der Waals surface area contributed by atoms with Crippen LogP contribution in [0.5, 0.6) is 0 Å². The van der Waals surface area contributed by atoms with Crippen molar-refractivity contribution >= 4 is 5.97 Å². The van der Waals surface area contributed by atoms with Gasteiger partial charge in [0.15, 0.2) is 6.61 Å². The van der Waals surface area contributed by atoms with Crippen LogP contribution in [0.25, 0.3) is 17.1 Å². The standard InChI is InChI=1S/C20H16N4O3/c1-14-11-12-21-24(14)17-9-7-16(8-10-17)20(25)26-13-18-22-23-19(27-18)15-5-3-2-4-6-15/h2-12H,13H2,1H3. The van der Waals surface area contributed by atoms with Crippen LogP contribution in [0, 0.1) is 6.92 Å². The second-order valence-corrected chi connectivity index (χ2v) is 5.87. The molecule has 7 nitrogen and oxygen atoms in total. The predicted molar refractivity (Wildman–Crippen MR) is 97.2 cm³/mol. The van der Waals surface area contributed by atoms with E-state index in [1.165, 1.54) is 0 Å². The number of carbonyl (C=O) groups excluding carboxylic acids is 1. The van der Waals surface area contributed by atoms with Crippen molar-refractivity contribution in [2.45, 2.75) is 13.5 Å². The monoisotopic (exact) mass is 360 g/mol. The average Bonchev–Trinajstić information content (AvgIpc) is 3.36. The van der Waals surface area contributed by atoms with Gasteiger partial charge in [-0.15, -0.1) is 10.2 Å². The summed E-state index contributed by atoms with van der Waals surface area (Å²) in [5.41, 5.74) is 3.13. The molecule has 0 unspecified atom stereocenters. The number of esters is 1. The third kappa shape index (κ3) is 3.62. The molecule has 0 aliphatic carbocycles. The van der Waals surface area contributed by atoms with Crippen molar-refractivity contribution in [3.8, 4) is 17.1 Å². The summed E-state index contributed by atoms with van der Waals surface area (Å²) in [6.45, 7) is 1.88. The van der Waals surface area contributed by atoms with Crippen molar-refractivity contribution in [2.24, 2.45) is 0 Å². The van der Waals surface area contributed by atoms with E-state index in [2.05, 4.69) is 15.3 Å². The van der Waals surface area contributed by atoms with Crippen molar-refractivity contribution in [3.63, 3.8) is 0 Å². The highest BCUT2D eigenvalue weighted by Crippen LogP contribution is 2.18. The largest absolute Gasteiger partial charge is 0.452 e. The van der Waals surface area contributed by atoms with E-state index in [9.17, 15) is 4.79 Å². The number of aromatic nitrogens is 4. The molecule has 4 aromatic rings. The molecule has 0 saturated heterocycles. The van der Waals surface area contributed by atoms with Crippen molar-refractivity contribution in [1.82, 2.24) is 20.0 Å². The van der Waals surface area contributed by atoms with Gasteiger partial charge in [-0.2, -0.15) is 5.10 Å². The van der Waals surface area contributed by atoms with Crippen LogP contribution in [0.4, 0.5) is 0 Å². The number of rotatable bonds is 5. The minimum absolute atomic E-state index is 0.0846. The summed E-state index contributed by atoms with van der Waals surface area (Å²) in [5, 5.41) is 12.1. The van der Waals surface area contributed by atoms with E-state index in [-0.39, 0.29) is 12.5 Å². The minimum atomic E-state index is -0.460. The second kappa shape index (κ2) is 7.25. The zero-order chi connectivity index (χ0) is 18.6. The number of benzene rings is 2. The average molecular weight is 360 g/mol. The molecule has 0 bridgehead atoms. The fraction of sp³-hybridized carbons (Fsp3) is 0.100. The Balaban J connectivity index is 1.40. The maximum absolute atomic E-state index is 12.2. The number of carbonyl (C=O) groups is 1. The van der Waals surface area contributed by atoms with Gasteiger partial charge in [0.2, 0.25) is 5.89 Å². The Morgan fingerprint density at radius 2 is 1.81 bits per heavy atom. The van der Waals surface area contributed by atoms with Crippen LogP contribution in [0.2, 0.25) is 0 Å². The summed E-state index contributed by atoms with van der Waals surface area (Å²) >= 11 is 0. The Labute approximate surface area is 155 Å². The van der Waals surface area contributed by atoms with Crippen LogP contribution in [0.3, 0.4) is 0 Å². The van der Waals surface area contributed by atoms with Crippen molar-refractivity contribution in [1.29, 1.82) is 0 Å². The summed E-state index contributed by atoms with van der Waals surface area (Å²) in [6.07, 6.45) is 1.73. The lowest BCUT2D eigenvalue weighted by Crippen LogP contribution is -2.06. The molecule has 2 aromatic carbocycles. The molecule has 27 heavy (non-hydrogen) atoms. The lowest BCUT2D eigenvalue weighted by Gasteiger charge is -2.06. The Bertz CT molecular complexity index is 1050. The van der Waals surface area contributed by atoms with Crippen molar-refractivity contribution in [2.75, 3.05) is 0 Å². The first kappa shape index (κ1) is 16.7. The third-order valence-corrected chi connectivity index (χ3v) is 3.99. The Morgan fingerprint density at radius 3 is 2.52 bits per heavy atom. The highest BCUT2D eigenvalue weighted by molar-refractivity contribution is 5.89. The number of nitrogens with zero attached hydrogens (tertiary/aromatic N) is 4. The molecule has 2 aromatic heterocycles. The third-order valence-electron chi connectivity index (χ3n) is 3.99. The van der Waals surface area contributed by atoms with Crippen molar-refractivity contribution in [3.05, 3.63) is 84.0 Å². The topological polar surface area (TPSA) is 83.0 Å². The van der Waals surface area contributed by atoms with E-state index in [0.717, 1.165) is 16.9 Å². The quantitative estimate of drug-likeness (QED) is 0.506. The van der Waals surface area contributed by atoms with Crippen LogP contribution < -0.4 is 0 Å². The maximum atomic E-state index is 12.2. The maximum Gasteiger partial charge on any atom is 0.338 e. The summed E-state index contributed by atoms with van der Waals surface area (Å²) in [7, 11) is 0. The normalized spacial score (nSPS) is 10.7. The van der Waals surface area contributed by atoms with Gasteiger partial charge in [0.1, 0.15) is 0 Å². The van der Waals surface area contributed by atoms with Gasteiger partial charge in [-0.25, -0.2) is 9.48 Å². The molecule has 7 heteroatoms. The second-order valence-electron chi connectivity index (χ2n) is 5.87. The molecule has 2 heterocycles. The molecule has 0 radical (unpaired) electrons. The molecule has 0 saturated carbocycles. The number of hydrogen-bond donors (Lipinski definition) is 0. The minimum Gasteiger partial charge on any atom is -0.452 e. The molecule has 0 aliphatic heterocycles. The van der Waals surface area contributed by atoms with E-state index in [0.29, 0.717) is 11.5 Å². The molecule has 134 valence electrons. The molecular formula is C20H16N4O3. The van der Waals surface area contributed by atoms with Crippen molar-refractivity contribution < 1.29 is 13.9 Å². The summed E-state index contributed by atoms with van der Waals surface area (Å²) in [5.74, 6) is 0.171. The number of hydrogen-bond acceptors (Lipinski definition) is 6. The molecule has 0 atom stereocenters. The van der Waals surface area contributed by atoms with Crippen LogP contribution >= 0.6 is 0 Å². The van der Waals surface area contributed by atoms with Crippen LogP contribution in [-0.2, 0) is 11.3 Å².